The predicted molar refractivity (Wildman–Crippen MR) is 90.7 cm³/mol. The summed E-state index contributed by atoms with van der Waals surface area (Å²) in [4.78, 5) is 16.0. The lowest BCUT2D eigenvalue weighted by molar-refractivity contribution is -0.385. The van der Waals surface area contributed by atoms with Crippen molar-refractivity contribution in [3.8, 4) is 11.5 Å². The Labute approximate surface area is 142 Å². The number of nitro groups is 1. The molecule has 0 bridgehead atoms. The van der Waals surface area contributed by atoms with E-state index in [-0.39, 0.29) is 10.6 Å². The fourth-order valence-corrected chi connectivity index (χ4v) is 4.03. The molecule has 132 valence electrons. The van der Waals surface area contributed by atoms with Crippen LogP contribution in [-0.2, 0) is 6.54 Å². The zero-order chi connectivity index (χ0) is 17.3. The molecule has 0 N–H and O–H groups in total. The van der Waals surface area contributed by atoms with Crippen molar-refractivity contribution < 1.29 is 14.4 Å². The van der Waals surface area contributed by atoms with Gasteiger partial charge in [-0.25, -0.2) is 0 Å². The van der Waals surface area contributed by atoms with E-state index in [1.807, 2.05) is 0 Å². The van der Waals surface area contributed by atoms with Crippen LogP contribution in [0.25, 0.3) is 0 Å². The van der Waals surface area contributed by atoms with Crippen molar-refractivity contribution >= 4 is 5.69 Å². The number of rotatable bonds is 5. The van der Waals surface area contributed by atoms with Crippen molar-refractivity contribution in [3.63, 3.8) is 0 Å². The summed E-state index contributed by atoms with van der Waals surface area (Å²) in [7, 11) is 3.04. The highest BCUT2D eigenvalue weighted by molar-refractivity contribution is 5.54. The summed E-state index contributed by atoms with van der Waals surface area (Å²) in [5, 5.41) is 11.5. The van der Waals surface area contributed by atoms with E-state index in [1.165, 1.54) is 32.6 Å². The second-order valence-electron chi connectivity index (χ2n) is 6.55. The van der Waals surface area contributed by atoms with Gasteiger partial charge in [0, 0.05) is 37.3 Å². The molecular weight excluding hydrogens is 310 g/mol. The molecule has 2 heterocycles. The number of piperazine rings is 1. The third kappa shape index (κ3) is 3.06. The van der Waals surface area contributed by atoms with E-state index in [4.69, 9.17) is 9.47 Å². The molecule has 1 aromatic carbocycles. The highest BCUT2D eigenvalue weighted by Crippen LogP contribution is 2.36. The third-order valence-corrected chi connectivity index (χ3v) is 5.38. The molecule has 2 aliphatic heterocycles. The highest BCUT2D eigenvalue weighted by atomic mass is 16.6. The topological polar surface area (TPSA) is 68.1 Å². The molecule has 2 unspecified atom stereocenters. The summed E-state index contributed by atoms with van der Waals surface area (Å²) in [5.41, 5.74) is 0.768. The first-order valence-corrected chi connectivity index (χ1v) is 8.42. The Morgan fingerprint density at radius 1 is 1.21 bits per heavy atom. The molecule has 24 heavy (non-hydrogen) atoms. The van der Waals surface area contributed by atoms with Crippen LogP contribution in [0, 0.1) is 10.1 Å². The summed E-state index contributed by atoms with van der Waals surface area (Å²) < 4.78 is 10.5. The molecule has 2 fully saturated rings. The van der Waals surface area contributed by atoms with Crippen LogP contribution >= 0.6 is 0 Å². The number of nitro benzene ring substituents is 1. The molecule has 0 spiro atoms. The summed E-state index contributed by atoms with van der Waals surface area (Å²) in [5.74, 6) is 0.923. The van der Waals surface area contributed by atoms with Crippen LogP contribution in [0.5, 0.6) is 11.5 Å². The normalized spacial score (nSPS) is 24.6. The molecule has 1 aromatic rings. The van der Waals surface area contributed by atoms with Gasteiger partial charge in [0.25, 0.3) is 5.69 Å². The van der Waals surface area contributed by atoms with Crippen LogP contribution in [-0.4, -0.2) is 60.7 Å². The molecule has 2 aliphatic rings. The summed E-state index contributed by atoms with van der Waals surface area (Å²) >= 11 is 0. The lowest BCUT2D eigenvalue weighted by atomic mass is 10.0. The number of hydrogen-bond acceptors (Lipinski definition) is 6. The number of methoxy groups -OCH3 is 2. The number of fused-ring (bicyclic) bond motifs is 1. The number of benzene rings is 1. The van der Waals surface area contributed by atoms with Crippen LogP contribution in [0.1, 0.15) is 25.3 Å². The molecule has 7 heteroatoms. The average molecular weight is 335 g/mol. The highest BCUT2D eigenvalue weighted by Gasteiger charge is 2.37. The first-order chi connectivity index (χ1) is 11.5. The molecule has 0 amide bonds. The van der Waals surface area contributed by atoms with Gasteiger partial charge in [-0.3, -0.25) is 19.9 Å². The second kappa shape index (κ2) is 6.94. The Morgan fingerprint density at radius 2 is 1.92 bits per heavy atom. The number of ether oxygens (including phenoxy) is 2. The predicted octanol–water partition coefficient (Wildman–Crippen LogP) is 2.28. The maximum atomic E-state index is 11.5. The maximum absolute atomic E-state index is 11.5. The molecule has 0 aliphatic carbocycles. The van der Waals surface area contributed by atoms with E-state index in [2.05, 4.69) is 16.7 Å². The van der Waals surface area contributed by atoms with E-state index in [1.54, 1.807) is 13.2 Å². The fourth-order valence-electron chi connectivity index (χ4n) is 4.03. The van der Waals surface area contributed by atoms with Gasteiger partial charge in [0.2, 0.25) is 0 Å². The quantitative estimate of drug-likeness (QED) is 0.607. The fraction of sp³-hybridized carbons (Fsp3) is 0.647. The first kappa shape index (κ1) is 17.0. The number of hydrogen-bond donors (Lipinski definition) is 0. The van der Waals surface area contributed by atoms with Crippen LogP contribution in [0.3, 0.4) is 0 Å². The lowest BCUT2D eigenvalue weighted by Gasteiger charge is -2.43. The Hall–Kier alpha value is -1.86. The van der Waals surface area contributed by atoms with Crippen LogP contribution in [0.2, 0.25) is 0 Å². The van der Waals surface area contributed by atoms with Gasteiger partial charge in [-0.05, 0) is 32.4 Å². The summed E-state index contributed by atoms with van der Waals surface area (Å²) in [6.07, 6.45) is 2.46. The molecule has 0 aromatic heterocycles. The van der Waals surface area contributed by atoms with Gasteiger partial charge < -0.3 is 9.47 Å². The minimum Gasteiger partial charge on any atom is -0.493 e. The average Bonchev–Trinajstić information content (AvgIpc) is 3.06. The zero-order valence-electron chi connectivity index (χ0n) is 14.5. The Morgan fingerprint density at radius 3 is 2.58 bits per heavy atom. The SMILES string of the molecule is COc1cc(CN2CCN3CCCC3C2C)c([N+](=O)[O-])cc1OC. The van der Waals surface area contributed by atoms with Gasteiger partial charge >= 0.3 is 0 Å². The summed E-state index contributed by atoms with van der Waals surface area (Å²) in [6.45, 7) is 5.94. The van der Waals surface area contributed by atoms with E-state index in [0.717, 1.165) is 13.1 Å². The van der Waals surface area contributed by atoms with Crippen LogP contribution in [0.4, 0.5) is 5.69 Å². The van der Waals surface area contributed by atoms with E-state index in [9.17, 15) is 10.1 Å². The van der Waals surface area contributed by atoms with Crippen LogP contribution in [0.15, 0.2) is 12.1 Å². The first-order valence-electron chi connectivity index (χ1n) is 8.42. The molecule has 2 atom stereocenters. The monoisotopic (exact) mass is 335 g/mol. The van der Waals surface area contributed by atoms with Crippen molar-refractivity contribution in [3.05, 3.63) is 27.8 Å². The molecule has 7 nitrogen and oxygen atoms in total. The van der Waals surface area contributed by atoms with Gasteiger partial charge in [0.1, 0.15) is 0 Å². The van der Waals surface area contributed by atoms with Crippen molar-refractivity contribution in [1.82, 2.24) is 9.80 Å². The number of nitrogens with zero attached hydrogens (tertiary/aromatic N) is 3. The van der Waals surface area contributed by atoms with Gasteiger partial charge in [-0.1, -0.05) is 0 Å². The molecule has 0 radical (unpaired) electrons. The molecular formula is C17H25N3O4. The minimum absolute atomic E-state index is 0.0914. The molecule has 2 saturated heterocycles. The Bertz CT molecular complexity index is 622. The van der Waals surface area contributed by atoms with Crippen molar-refractivity contribution in [2.45, 2.75) is 38.4 Å². The summed E-state index contributed by atoms with van der Waals surface area (Å²) in [6, 6.07) is 4.17. The van der Waals surface area contributed by atoms with E-state index in [0.29, 0.717) is 35.7 Å². The van der Waals surface area contributed by atoms with Crippen LogP contribution < -0.4 is 9.47 Å². The Kier molecular flexibility index (Phi) is 4.91. The van der Waals surface area contributed by atoms with Crippen molar-refractivity contribution in [2.75, 3.05) is 33.9 Å². The maximum Gasteiger partial charge on any atom is 0.277 e. The van der Waals surface area contributed by atoms with Crippen molar-refractivity contribution in [2.24, 2.45) is 0 Å². The molecule has 3 rings (SSSR count). The molecule has 0 saturated carbocycles. The zero-order valence-corrected chi connectivity index (χ0v) is 14.5. The largest absolute Gasteiger partial charge is 0.493 e. The Balaban J connectivity index is 1.87. The van der Waals surface area contributed by atoms with Gasteiger partial charge in [-0.15, -0.1) is 0 Å². The minimum atomic E-state index is -0.340. The van der Waals surface area contributed by atoms with Gasteiger partial charge in [-0.2, -0.15) is 0 Å². The van der Waals surface area contributed by atoms with E-state index < -0.39 is 0 Å². The second-order valence-corrected chi connectivity index (χ2v) is 6.55. The standard InChI is InChI=1S/C17H25N3O4/c1-12-14-5-4-6-18(14)7-8-19(12)11-13-9-16(23-2)17(24-3)10-15(13)20(21)22/h9-10,12,14H,4-8,11H2,1-3H3. The third-order valence-electron chi connectivity index (χ3n) is 5.38. The van der Waals surface area contributed by atoms with Gasteiger partial charge in [0.15, 0.2) is 11.5 Å². The lowest BCUT2D eigenvalue weighted by Crippen LogP contribution is -2.55. The van der Waals surface area contributed by atoms with E-state index >= 15 is 0 Å². The van der Waals surface area contributed by atoms with Crippen molar-refractivity contribution in [1.29, 1.82) is 0 Å². The smallest absolute Gasteiger partial charge is 0.277 e. The van der Waals surface area contributed by atoms with Gasteiger partial charge in [0.05, 0.1) is 25.2 Å².